The van der Waals surface area contributed by atoms with Gasteiger partial charge in [-0.15, -0.1) is 0 Å². The molecule has 1 aliphatic rings. The maximum atomic E-state index is 12.8. The van der Waals surface area contributed by atoms with Crippen LogP contribution in [0.15, 0.2) is 6.20 Å². The van der Waals surface area contributed by atoms with Crippen molar-refractivity contribution in [2.45, 2.75) is 31.0 Å². The lowest BCUT2D eigenvalue weighted by molar-refractivity contribution is -0.143. The van der Waals surface area contributed by atoms with Gasteiger partial charge in [-0.05, 0) is 19.3 Å². The van der Waals surface area contributed by atoms with Crippen LogP contribution in [0.4, 0.5) is 13.2 Å². The summed E-state index contributed by atoms with van der Waals surface area (Å²) in [6.07, 6.45) is -2.31. The summed E-state index contributed by atoms with van der Waals surface area (Å²) in [5, 5.41) is 8.74. The van der Waals surface area contributed by atoms with E-state index in [1.165, 1.54) is 7.11 Å². The minimum absolute atomic E-state index is 0.112. The van der Waals surface area contributed by atoms with Crippen LogP contribution >= 0.6 is 0 Å². The summed E-state index contributed by atoms with van der Waals surface area (Å²) in [7, 11) is 1.38. The van der Waals surface area contributed by atoms with Crippen LogP contribution < -0.4 is 0 Å². The second kappa shape index (κ2) is 4.44. The van der Waals surface area contributed by atoms with Crippen LogP contribution in [0.3, 0.4) is 0 Å². The Balaban J connectivity index is 2.53. The van der Waals surface area contributed by atoms with Crippen molar-refractivity contribution in [1.29, 1.82) is 0 Å². The molecule has 0 spiro atoms. The third-order valence-electron chi connectivity index (χ3n) is 3.25. The number of carbonyl (C=O) groups is 1. The molecule has 5 nitrogen and oxygen atoms in total. The third kappa shape index (κ3) is 2.27. The van der Waals surface area contributed by atoms with Gasteiger partial charge in [0.05, 0.1) is 0 Å². The Morgan fingerprint density at radius 2 is 2.11 bits per heavy atom. The van der Waals surface area contributed by atoms with Crippen molar-refractivity contribution < 1.29 is 27.8 Å². The number of hydrogen-bond donors (Lipinski definition) is 1. The van der Waals surface area contributed by atoms with Gasteiger partial charge in [-0.3, -0.25) is 0 Å². The Morgan fingerprint density at radius 3 is 2.47 bits per heavy atom. The molecule has 0 aliphatic heterocycles. The summed E-state index contributed by atoms with van der Waals surface area (Å²) in [6.45, 7) is 0. The largest absolute Gasteiger partial charge is 0.478 e. The molecule has 0 saturated heterocycles. The number of rotatable bonds is 3. The van der Waals surface area contributed by atoms with Gasteiger partial charge in [-0.25, -0.2) is 14.8 Å². The highest BCUT2D eigenvalue weighted by Crippen LogP contribution is 2.43. The highest BCUT2D eigenvalue weighted by atomic mass is 19.4. The minimum atomic E-state index is -4.84. The number of carboxylic acid groups (broad SMARTS) is 1. The lowest BCUT2D eigenvalue weighted by Crippen LogP contribution is -2.38. The Hall–Kier alpha value is -1.70. The molecule has 1 aliphatic carbocycles. The summed E-state index contributed by atoms with van der Waals surface area (Å²) in [6, 6.07) is 0. The zero-order valence-electron chi connectivity index (χ0n) is 9.99. The van der Waals surface area contributed by atoms with Crippen molar-refractivity contribution in [1.82, 2.24) is 9.97 Å². The Labute approximate surface area is 106 Å². The van der Waals surface area contributed by atoms with Gasteiger partial charge in [0.2, 0.25) is 0 Å². The molecule has 8 heteroatoms. The fraction of sp³-hybridized carbons (Fsp3) is 0.545. The van der Waals surface area contributed by atoms with Crippen LogP contribution in [-0.2, 0) is 16.5 Å². The van der Waals surface area contributed by atoms with Crippen molar-refractivity contribution in [2.24, 2.45) is 0 Å². The summed E-state index contributed by atoms with van der Waals surface area (Å²) in [5.41, 5.74) is -3.31. The van der Waals surface area contributed by atoms with Crippen molar-refractivity contribution in [3.63, 3.8) is 0 Å². The van der Waals surface area contributed by atoms with E-state index >= 15 is 0 Å². The second-order valence-corrected chi connectivity index (χ2v) is 4.31. The molecule has 0 bridgehead atoms. The van der Waals surface area contributed by atoms with Gasteiger partial charge in [-0.1, -0.05) is 0 Å². The summed E-state index contributed by atoms with van der Waals surface area (Å²) in [5.74, 6) is -1.82. The van der Waals surface area contributed by atoms with Gasteiger partial charge >= 0.3 is 12.1 Å². The second-order valence-electron chi connectivity index (χ2n) is 4.31. The molecule has 1 N–H and O–H groups in total. The molecule has 0 amide bonds. The zero-order valence-corrected chi connectivity index (χ0v) is 9.99. The number of aromatic carboxylic acids is 1. The molecule has 0 atom stereocenters. The first-order chi connectivity index (χ1) is 8.80. The molecule has 1 aromatic rings. The Morgan fingerprint density at radius 1 is 1.47 bits per heavy atom. The number of carboxylic acids is 1. The van der Waals surface area contributed by atoms with Crippen molar-refractivity contribution in [3.05, 3.63) is 23.3 Å². The number of nitrogens with zero attached hydrogens (tertiary/aromatic N) is 2. The summed E-state index contributed by atoms with van der Waals surface area (Å²) >= 11 is 0. The lowest BCUT2D eigenvalue weighted by atomic mass is 9.79. The first kappa shape index (κ1) is 13.7. The predicted molar refractivity (Wildman–Crippen MR) is 56.5 cm³/mol. The van der Waals surface area contributed by atoms with Gasteiger partial charge in [0.15, 0.2) is 11.5 Å². The fourth-order valence-corrected chi connectivity index (χ4v) is 1.99. The molecular weight excluding hydrogens is 265 g/mol. The van der Waals surface area contributed by atoms with E-state index in [0.717, 1.165) is 6.42 Å². The standard InChI is InChI=1S/C11H11F3N2O3/c1-19-10(3-2-4-10)9-15-5-6(8(17)18)7(16-9)11(12,13)14/h5H,2-4H2,1H3,(H,17,18). The van der Waals surface area contributed by atoms with Gasteiger partial charge in [-0.2, -0.15) is 13.2 Å². The predicted octanol–water partition coefficient (Wildman–Crippen LogP) is 2.22. The van der Waals surface area contributed by atoms with Crippen LogP contribution in [0.5, 0.6) is 0 Å². The lowest BCUT2D eigenvalue weighted by Gasteiger charge is -2.38. The topological polar surface area (TPSA) is 72.3 Å². The first-order valence-corrected chi connectivity index (χ1v) is 5.53. The van der Waals surface area contributed by atoms with Crippen molar-refractivity contribution in [3.8, 4) is 0 Å². The minimum Gasteiger partial charge on any atom is -0.478 e. The quantitative estimate of drug-likeness (QED) is 0.916. The van der Waals surface area contributed by atoms with E-state index in [9.17, 15) is 18.0 Å². The summed E-state index contributed by atoms with van der Waals surface area (Å²) < 4.78 is 43.6. The molecular formula is C11H11F3N2O3. The molecule has 1 aromatic heterocycles. The monoisotopic (exact) mass is 276 g/mol. The van der Waals surface area contributed by atoms with Crippen LogP contribution in [0.1, 0.15) is 41.1 Å². The number of alkyl halides is 3. The van der Waals surface area contributed by atoms with E-state index in [4.69, 9.17) is 9.84 Å². The first-order valence-electron chi connectivity index (χ1n) is 5.53. The Kier molecular flexibility index (Phi) is 3.21. The fourth-order valence-electron chi connectivity index (χ4n) is 1.99. The maximum Gasteiger partial charge on any atom is 0.434 e. The normalized spacial score (nSPS) is 17.9. The van der Waals surface area contributed by atoms with Crippen LogP contribution in [-0.4, -0.2) is 28.2 Å². The number of methoxy groups -OCH3 is 1. The van der Waals surface area contributed by atoms with Gasteiger partial charge < -0.3 is 9.84 Å². The average molecular weight is 276 g/mol. The number of hydrogen-bond acceptors (Lipinski definition) is 4. The maximum absolute atomic E-state index is 12.8. The van der Waals surface area contributed by atoms with E-state index in [1.54, 1.807) is 0 Å². The molecule has 0 aromatic carbocycles. The molecule has 19 heavy (non-hydrogen) atoms. The highest BCUT2D eigenvalue weighted by molar-refractivity contribution is 5.88. The molecule has 2 rings (SSSR count). The molecule has 0 radical (unpaired) electrons. The van der Waals surface area contributed by atoms with E-state index in [2.05, 4.69) is 9.97 Å². The van der Waals surface area contributed by atoms with Gasteiger partial charge in [0.1, 0.15) is 11.2 Å². The highest BCUT2D eigenvalue weighted by Gasteiger charge is 2.45. The molecule has 0 unspecified atom stereocenters. The molecule has 1 fully saturated rings. The average Bonchev–Trinajstić information content (AvgIpc) is 2.26. The SMILES string of the molecule is COC1(c2ncc(C(=O)O)c(C(F)(F)F)n2)CCC1. The van der Waals surface area contributed by atoms with Crippen molar-refractivity contribution in [2.75, 3.05) is 7.11 Å². The van der Waals surface area contributed by atoms with E-state index < -0.39 is 29.0 Å². The molecule has 1 saturated carbocycles. The zero-order chi connectivity index (χ0) is 14.3. The third-order valence-corrected chi connectivity index (χ3v) is 3.25. The van der Waals surface area contributed by atoms with Crippen LogP contribution in [0, 0.1) is 0 Å². The van der Waals surface area contributed by atoms with Crippen LogP contribution in [0.2, 0.25) is 0 Å². The molecule has 104 valence electrons. The number of aromatic nitrogens is 2. The van der Waals surface area contributed by atoms with Gasteiger partial charge in [0.25, 0.3) is 0 Å². The van der Waals surface area contributed by atoms with E-state index in [1.807, 2.05) is 0 Å². The smallest absolute Gasteiger partial charge is 0.434 e. The Bertz CT molecular complexity index is 507. The number of halogens is 3. The summed E-state index contributed by atoms with van der Waals surface area (Å²) in [4.78, 5) is 17.9. The van der Waals surface area contributed by atoms with E-state index in [0.29, 0.717) is 19.0 Å². The van der Waals surface area contributed by atoms with Crippen LogP contribution in [0.25, 0.3) is 0 Å². The molecule has 1 heterocycles. The van der Waals surface area contributed by atoms with E-state index in [-0.39, 0.29) is 5.82 Å². The van der Waals surface area contributed by atoms with Gasteiger partial charge in [0, 0.05) is 13.3 Å². The van der Waals surface area contributed by atoms with Crippen molar-refractivity contribution >= 4 is 5.97 Å². The number of ether oxygens (including phenoxy) is 1.